The van der Waals surface area contributed by atoms with Gasteiger partial charge in [0.25, 0.3) is 0 Å². The number of aliphatic carboxylic acids is 1. The van der Waals surface area contributed by atoms with Gasteiger partial charge in [-0.15, -0.1) is 0 Å². The molecule has 4 nitrogen and oxygen atoms in total. The first-order valence-electron chi connectivity index (χ1n) is 6.16. The van der Waals surface area contributed by atoms with Gasteiger partial charge in [0.1, 0.15) is 0 Å². The summed E-state index contributed by atoms with van der Waals surface area (Å²) in [5, 5.41) is 11.7. The summed E-state index contributed by atoms with van der Waals surface area (Å²) in [5.74, 6) is -1.35. The molecule has 0 aromatic heterocycles. The highest BCUT2D eigenvalue weighted by molar-refractivity contribution is 5.84. The zero-order valence-corrected chi connectivity index (χ0v) is 11.3. The molecule has 1 aliphatic rings. The van der Waals surface area contributed by atoms with E-state index in [1.54, 1.807) is 0 Å². The van der Waals surface area contributed by atoms with Crippen molar-refractivity contribution in [1.29, 1.82) is 0 Å². The van der Waals surface area contributed by atoms with Crippen LogP contribution in [-0.4, -0.2) is 23.5 Å². The van der Waals surface area contributed by atoms with Crippen LogP contribution in [0.5, 0.6) is 0 Å². The van der Waals surface area contributed by atoms with Crippen LogP contribution in [0, 0.1) is 22.7 Å². The van der Waals surface area contributed by atoms with Gasteiger partial charge in [-0.2, -0.15) is 0 Å². The highest BCUT2D eigenvalue weighted by Crippen LogP contribution is 2.68. The summed E-state index contributed by atoms with van der Waals surface area (Å²) in [5.41, 5.74) is 0.00400. The van der Waals surface area contributed by atoms with Gasteiger partial charge in [-0.05, 0) is 17.3 Å². The van der Waals surface area contributed by atoms with E-state index in [-0.39, 0.29) is 29.2 Å². The zero-order valence-electron chi connectivity index (χ0n) is 11.3. The van der Waals surface area contributed by atoms with Gasteiger partial charge in [0.2, 0.25) is 5.91 Å². The molecule has 98 valence electrons. The number of carbonyl (C=O) groups is 2. The van der Waals surface area contributed by atoms with Gasteiger partial charge in [0, 0.05) is 12.5 Å². The molecule has 1 atom stereocenters. The van der Waals surface area contributed by atoms with Crippen molar-refractivity contribution in [2.75, 3.05) is 6.54 Å². The Bertz CT molecular complexity index is 320. The smallest absolute Gasteiger partial charge is 0.308 e. The standard InChI is InChI=1S/C13H23NO3/c1-6-8(11(16)17)7-14-10(15)9-12(2,3)13(9,4)5/h8-9H,6-7H2,1-5H3,(H,14,15)(H,16,17). The lowest BCUT2D eigenvalue weighted by Gasteiger charge is -2.11. The number of hydrogen-bond donors (Lipinski definition) is 2. The topological polar surface area (TPSA) is 66.4 Å². The molecule has 0 aromatic rings. The molecule has 1 fully saturated rings. The molecule has 1 unspecified atom stereocenters. The van der Waals surface area contributed by atoms with Crippen LogP contribution in [0.3, 0.4) is 0 Å². The lowest BCUT2D eigenvalue weighted by Crippen LogP contribution is -2.34. The maximum atomic E-state index is 12.0. The molecule has 17 heavy (non-hydrogen) atoms. The molecule has 2 N–H and O–H groups in total. The summed E-state index contributed by atoms with van der Waals surface area (Å²) in [6.45, 7) is 10.3. The lowest BCUT2D eigenvalue weighted by atomic mass is 10.0. The minimum Gasteiger partial charge on any atom is -0.481 e. The third-order valence-corrected chi connectivity index (χ3v) is 4.65. The van der Waals surface area contributed by atoms with E-state index in [1.165, 1.54) is 0 Å². The van der Waals surface area contributed by atoms with Crippen LogP contribution in [0.25, 0.3) is 0 Å². The monoisotopic (exact) mass is 241 g/mol. The molecular weight excluding hydrogens is 218 g/mol. The van der Waals surface area contributed by atoms with Crippen molar-refractivity contribution in [3.05, 3.63) is 0 Å². The number of rotatable bonds is 5. The van der Waals surface area contributed by atoms with E-state index in [4.69, 9.17) is 5.11 Å². The molecule has 1 saturated carbocycles. The molecule has 0 radical (unpaired) electrons. The van der Waals surface area contributed by atoms with Crippen LogP contribution >= 0.6 is 0 Å². The molecule has 1 rings (SSSR count). The fourth-order valence-electron chi connectivity index (χ4n) is 2.58. The van der Waals surface area contributed by atoms with Crippen LogP contribution in [0.4, 0.5) is 0 Å². The van der Waals surface area contributed by atoms with Gasteiger partial charge < -0.3 is 10.4 Å². The third-order valence-electron chi connectivity index (χ3n) is 4.65. The molecular formula is C13H23NO3. The summed E-state index contributed by atoms with van der Waals surface area (Å²) in [4.78, 5) is 22.8. The quantitative estimate of drug-likeness (QED) is 0.772. The normalized spacial score (nSPS) is 22.9. The maximum absolute atomic E-state index is 12.0. The maximum Gasteiger partial charge on any atom is 0.308 e. The van der Waals surface area contributed by atoms with Crippen molar-refractivity contribution in [3.8, 4) is 0 Å². The second-order valence-corrected chi connectivity index (χ2v) is 6.06. The Hall–Kier alpha value is -1.06. The number of carboxylic acids is 1. The Morgan fingerprint density at radius 3 is 2.00 bits per heavy atom. The molecule has 0 saturated heterocycles. The van der Waals surface area contributed by atoms with Crippen molar-refractivity contribution in [1.82, 2.24) is 5.32 Å². The Morgan fingerprint density at radius 2 is 1.71 bits per heavy atom. The lowest BCUT2D eigenvalue weighted by molar-refractivity contribution is -0.141. The van der Waals surface area contributed by atoms with Crippen LogP contribution in [0.15, 0.2) is 0 Å². The zero-order chi connectivity index (χ0) is 13.4. The summed E-state index contributed by atoms with van der Waals surface area (Å²) in [6, 6.07) is 0. The summed E-state index contributed by atoms with van der Waals surface area (Å²) < 4.78 is 0. The number of hydrogen-bond acceptors (Lipinski definition) is 2. The van der Waals surface area contributed by atoms with Crippen LogP contribution < -0.4 is 5.32 Å². The van der Waals surface area contributed by atoms with Gasteiger partial charge in [-0.25, -0.2) is 0 Å². The molecule has 0 spiro atoms. The number of carboxylic acid groups (broad SMARTS) is 1. The SMILES string of the molecule is CCC(CNC(=O)C1C(C)(C)C1(C)C)C(=O)O. The van der Waals surface area contributed by atoms with Crippen molar-refractivity contribution in [2.45, 2.75) is 41.0 Å². The second kappa shape index (κ2) is 4.31. The number of carbonyl (C=O) groups excluding carboxylic acids is 1. The Labute approximate surface area is 103 Å². The van der Waals surface area contributed by atoms with Gasteiger partial charge in [-0.1, -0.05) is 34.6 Å². The van der Waals surface area contributed by atoms with Crippen molar-refractivity contribution >= 4 is 11.9 Å². The van der Waals surface area contributed by atoms with E-state index < -0.39 is 11.9 Å². The first kappa shape index (κ1) is 14.0. The van der Waals surface area contributed by atoms with Gasteiger partial charge in [0.15, 0.2) is 0 Å². The third kappa shape index (κ3) is 2.31. The van der Waals surface area contributed by atoms with Crippen LogP contribution in [0.2, 0.25) is 0 Å². The minimum absolute atomic E-state index is 0.00200. The Balaban J connectivity index is 2.50. The van der Waals surface area contributed by atoms with Crippen molar-refractivity contribution < 1.29 is 14.7 Å². The van der Waals surface area contributed by atoms with Gasteiger partial charge >= 0.3 is 5.97 Å². The number of amides is 1. The van der Waals surface area contributed by atoms with Gasteiger partial charge in [-0.3, -0.25) is 9.59 Å². The average Bonchev–Trinajstić information content (AvgIpc) is 2.57. The Morgan fingerprint density at radius 1 is 1.24 bits per heavy atom. The van der Waals surface area contributed by atoms with Crippen LogP contribution in [-0.2, 0) is 9.59 Å². The van der Waals surface area contributed by atoms with Gasteiger partial charge in [0.05, 0.1) is 5.92 Å². The molecule has 1 aliphatic carbocycles. The summed E-state index contributed by atoms with van der Waals surface area (Å²) in [6.07, 6.45) is 0.535. The van der Waals surface area contributed by atoms with Crippen LogP contribution in [0.1, 0.15) is 41.0 Å². The molecule has 1 amide bonds. The molecule has 0 heterocycles. The second-order valence-electron chi connectivity index (χ2n) is 6.06. The molecule has 0 aliphatic heterocycles. The summed E-state index contributed by atoms with van der Waals surface area (Å²) in [7, 11) is 0. The predicted molar refractivity (Wildman–Crippen MR) is 65.5 cm³/mol. The van der Waals surface area contributed by atoms with Crippen molar-refractivity contribution in [3.63, 3.8) is 0 Å². The molecule has 0 bridgehead atoms. The minimum atomic E-state index is -0.845. The number of nitrogens with one attached hydrogen (secondary N) is 1. The first-order valence-corrected chi connectivity index (χ1v) is 6.16. The van der Waals surface area contributed by atoms with E-state index >= 15 is 0 Å². The first-order chi connectivity index (χ1) is 7.66. The fourth-order valence-corrected chi connectivity index (χ4v) is 2.58. The largest absolute Gasteiger partial charge is 0.481 e. The molecule has 4 heteroatoms. The summed E-state index contributed by atoms with van der Waals surface area (Å²) >= 11 is 0. The van der Waals surface area contributed by atoms with E-state index in [0.717, 1.165) is 0 Å². The fraction of sp³-hybridized carbons (Fsp3) is 0.846. The Kier molecular flexibility index (Phi) is 3.55. The van der Waals surface area contributed by atoms with Crippen molar-refractivity contribution in [2.24, 2.45) is 22.7 Å². The molecule has 0 aromatic carbocycles. The predicted octanol–water partition coefficient (Wildman–Crippen LogP) is 1.90. The highest BCUT2D eigenvalue weighted by Gasteiger charge is 2.68. The van der Waals surface area contributed by atoms with E-state index in [0.29, 0.717) is 6.42 Å². The van der Waals surface area contributed by atoms with E-state index in [1.807, 2.05) is 6.92 Å². The average molecular weight is 241 g/mol. The van der Waals surface area contributed by atoms with E-state index in [2.05, 4.69) is 33.0 Å². The highest BCUT2D eigenvalue weighted by atomic mass is 16.4. The van der Waals surface area contributed by atoms with E-state index in [9.17, 15) is 9.59 Å².